The van der Waals surface area contributed by atoms with Crippen molar-refractivity contribution in [2.24, 2.45) is 5.73 Å². The summed E-state index contributed by atoms with van der Waals surface area (Å²) in [6.45, 7) is 2.59. The van der Waals surface area contributed by atoms with Crippen molar-refractivity contribution in [3.8, 4) is 0 Å². The Labute approximate surface area is 102 Å². The van der Waals surface area contributed by atoms with Gasteiger partial charge in [-0.3, -0.25) is 0 Å². The topological polar surface area (TPSA) is 35.2 Å². The Morgan fingerprint density at radius 1 is 1.47 bits per heavy atom. The number of nitrogens with two attached hydrogens (primary N) is 1. The standard InChI is InChI=1S/C14H20FNO/c1-10-5-6-11(8-13(10)15)14(16)9-12-4-2-3-7-17-12/h5-6,8,12,14H,2-4,7,9,16H2,1H3. The molecular weight excluding hydrogens is 217 g/mol. The van der Waals surface area contributed by atoms with E-state index in [0.717, 1.165) is 31.4 Å². The Morgan fingerprint density at radius 3 is 2.94 bits per heavy atom. The first-order chi connectivity index (χ1) is 8.16. The summed E-state index contributed by atoms with van der Waals surface area (Å²) in [5, 5.41) is 0. The minimum absolute atomic E-state index is 0.131. The molecule has 2 rings (SSSR count). The minimum atomic E-state index is -0.178. The van der Waals surface area contributed by atoms with E-state index in [-0.39, 0.29) is 18.0 Å². The quantitative estimate of drug-likeness (QED) is 0.876. The van der Waals surface area contributed by atoms with Gasteiger partial charge in [0.2, 0.25) is 0 Å². The average molecular weight is 237 g/mol. The van der Waals surface area contributed by atoms with Gasteiger partial charge in [-0.05, 0) is 49.8 Å². The van der Waals surface area contributed by atoms with Crippen molar-refractivity contribution in [3.05, 3.63) is 35.1 Å². The number of hydrogen-bond acceptors (Lipinski definition) is 2. The predicted octanol–water partition coefficient (Wildman–Crippen LogP) is 3.09. The van der Waals surface area contributed by atoms with Crippen molar-refractivity contribution in [2.75, 3.05) is 6.61 Å². The maximum absolute atomic E-state index is 13.4. The molecule has 1 fully saturated rings. The maximum Gasteiger partial charge on any atom is 0.126 e. The third kappa shape index (κ3) is 3.27. The molecule has 2 N–H and O–H groups in total. The van der Waals surface area contributed by atoms with E-state index < -0.39 is 0 Å². The van der Waals surface area contributed by atoms with E-state index in [4.69, 9.17) is 10.5 Å². The number of halogens is 1. The van der Waals surface area contributed by atoms with Gasteiger partial charge in [0, 0.05) is 12.6 Å². The van der Waals surface area contributed by atoms with E-state index in [1.54, 1.807) is 19.1 Å². The first-order valence-corrected chi connectivity index (χ1v) is 6.30. The lowest BCUT2D eigenvalue weighted by Crippen LogP contribution is -2.25. The summed E-state index contributed by atoms with van der Waals surface area (Å²) in [4.78, 5) is 0. The molecule has 1 aliphatic heterocycles. The zero-order valence-corrected chi connectivity index (χ0v) is 10.3. The predicted molar refractivity (Wildman–Crippen MR) is 66.3 cm³/mol. The number of ether oxygens (including phenoxy) is 1. The molecule has 0 aliphatic carbocycles. The van der Waals surface area contributed by atoms with Gasteiger partial charge >= 0.3 is 0 Å². The molecule has 1 heterocycles. The molecule has 94 valence electrons. The summed E-state index contributed by atoms with van der Waals surface area (Å²) in [6, 6.07) is 5.11. The normalized spacial score (nSPS) is 22.4. The highest BCUT2D eigenvalue weighted by Crippen LogP contribution is 2.24. The lowest BCUT2D eigenvalue weighted by atomic mass is 9.96. The zero-order chi connectivity index (χ0) is 12.3. The molecule has 0 amide bonds. The number of benzene rings is 1. The van der Waals surface area contributed by atoms with Crippen LogP contribution in [0.1, 0.15) is 42.9 Å². The summed E-state index contributed by atoms with van der Waals surface area (Å²) in [5.74, 6) is -0.178. The van der Waals surface area contributed by atoms with E-state index in [9.17, 15) is 4.39 Å². The summed E-state index contributed by atoms with van der Waals surface area (Å²) in [7, 11) is 0. The van der Waals surface area contributed by atoms with Crippen molar-refractivity contribution in [3.63, 3.8) is 0 Å². The van der Waals surface area contributed by atoms with Crippen LogP contribution < -0.4 is 5.73 Å². The Bertz CT molecular complexity index is 374. The second-order valence-electron chi connectivity index (χ2n) is 4.84. The van der Waals surface area contributed by atoms with Gasteiger partial charge in [0.1, 0.15) is 5.82 Å². The molecular formula is C14H20FNO. The Hall–Kier alpha value is -0.930. The van der Waals surface area contributed by atoms with Crippen molar-refractivity contribution in [2.45, 2.75) is 44.8 Å². The number of rotatable bonds is 3. The Kier molecular flexibility index (Phi) is 4.13. The molecule has 0 bridgehead atoms. The van der Waals surface area contributed by atoms with Gasteiger partial charge in [0.15, 0.2) is 0 Å². The molecule has 2 unspecified atom stereocenters. The molecule has 0 radical (unpaired) electrons. The van der Waals surface area contributed by atoms with Gasteiger partial charge < -0.3 is 10.5 Å². The molecule has 3 heteroatoms. The molecule has 0 spiro atoms. The minimum Gasteiger partial charge on any atom is -0.378 e. The summed E-state index contributed by atoms with van der Waals surface area (Å²) >= 11 is 0. The molecule has 0 aromatic heterocycles. The largest absolute Gasteiger partial charge is 0.378 e. The fraction of sp³-hybridized carbons (Fsp3) is 0.571. The fourth-order valence-corrected chi connectivity index (χ4v) is 2.25. The van der Waals surface area contributed by atoms with Crippen molar-refractivity contribution < 1.29 is 9.13 Å². The van der Waals surface area contributed by atoms with E-state index in [1.165, 1.54) is 6.42 Å². The van der Waals surface area contributed by atoms with Crippen molar-refractivity contribution in [1.29, 1.82) is 0 Å². The second kappa shape index (κ2) is 5.61. The molecule has 2 nitrogen and oxygen atoms in total. The fourth-order valence-electron chi connectivity index (χ4n) is 2.25. The molecule has 17 heavy (non-hydrogen) atoms. The zero-order valence-electron chi connectivity index (χ0n) is 10.3. The SMILES string of the molecule is Cc1ccc(C(N)CC2CCCCO2)cc1F. The molecule has 1 saturated heterocycles. The van der Waals surface area contributed by atoms with E-state index >= 15 is 0 Å². The lowest BCUT2D eigenvalue weighted by Gasteiger charge is -2.25. The van der Waals surface area contributed by atoms with Gasteiger partial charge in [0.25, 0.3) is 0 Å². The van der Waals surface area contributed by atoms with Crippen LogP contribution >= 0.6 is 0 Å². The van der Waals surface area contributed by atoms with E-state index in [0.29, 0.717) is 5.56 Å². The van der Waals surface area contributed by atoms with Gasteiger partial charge in [0.05, 0.1) is 6.10 Å². The molecule has 2 atom stereocenters. The van der Waals surface area contributed by atoms with Crippen LogP contribution in [0.25, 0.3) is 0 Å². The van der Waals surface area contributed by atoms with Gasteiger partial charge in [-0.15, -0.1) is 0 Å². The van der Waals surface area contributed by atoms with Crippen LogP contribution in [0.5, 0.6) is 0 Å². The van der Waals surface area contributed by atoms with E-state index in [2.05, 4.69) is 0 Å². The number of hydrogen-bond donors (Lipinski definition) is 1. The molecule has 1 aliphatic rings. The first-order valence-electron chi connectivity index (χ1n) is 6.30. The Balaban J connectivity index is 1.98. The number of aryl methyl sites for hydroxylation is 1. The second-order valence-corrected chi connectivity index (χ2v) is 4.84. The first kappa shape index (κ1) is 12.5. The van der Waals surface area contributed by atoms with Gasteiger partial charge in [-0.2, -0.15) is 0 Å². The van der Waals surface area contributed by atoms with Crippen LogP contribution in [-0.2, 0) is 4.74 Å². The summed E-state index contributed by atoms with van der Waals surface area (Å²) < 4.78 is 19.1. The van der Waals surface area contributed by atoms with Crippen LogP contribution in [0.3, 0.4) is 0 Å². The molecule has 1 aromatic carbocycles. The van der Waals surface area contributed by atoms with Crippen LogP contribution in [0, 0.1) is 12.7 Å². The lowest BCUT2D eigenvalue weighted by molar-refractivity contribution is 0.00728. The third-order valence-electron chi connectivity index (χ3n) is 3.41. The monoisotopic (exact) mass is 237 g/mol. The van der Waals surface area contributed by atoms with Crippen molar-refractivity contribution in [1.82, 2.24) is 0 Å². The summed E-state index contributed by atoms with van der Waals surface area (Å²) in [5.41, 5.74) is 7.62. The van der Waals surface area contributed by atoms with Crippen LogP contribution in [0.15, 0.2) is 18.2 Å². The van der Waals surface area contributed by atoms with Crippen LogP contribution in [0.4, 0.5) is 4.39 Å². The van der Waals surface area contributed by atoms with Gasteiger partial charge in [-0.1, -0.05) is 12.1 Å². The third-order valence-corrected chi connectivity index (χ3v) is 3.41. The Morgan fingerprint density at radius 2 is 2.29 bits per heavy atom. The highest BCUT2D eigenvalue weighted by molar-refractivity contribution is 5.25. The van der Waals surface area contributed by atoms with Crippen LogP contribution in [-0.4, -0.2) is 12.7 Å². The summed E-state index contributed by atoms with van der Waals surface area (Å²) in [6.07, 6.45) is 4.44. The average Bonchev–Trinajstić information content (AvgIpc) is 2.34. The van der Waals surface area contributed by atoms with Crippen LogP contribution in [0.2, 0.25) is 0 Å². The van der Waals surface area contributed by atoms with Crippen molar-refractivity contribution >= 4 is 0 Å². The highest BCUT2D eigenvalue weighted by Gasteiger charge is 2.18. The maximum atomic E-state index is 13.4. The van der Waals surface area contributed by atoms with E-state index in [1.807, 2.05) is 6.07 Å². The smallest absolute Gasteiger partial charge is 0.126 e. The molecule has 1 aromatic rings. The van der Waals surface area contributed by atoms with Gasteiger partial charge in [-0.25, -0.2) is 4.39 Å². The molecule has 0 saturated carbocycles. The highest BCUT2D eigenvalue weighted by atomic mass is 19.1.